The monoisotopic (exact) mass is 529 g/mol. The first kappa shape index (κ1) is 25.3. The van der Waals surface area contributed by atoms with E-state index in [1.807, 2.05) is 42.1 Å². The number of hydrogen-bond acceptors (Lipinski definition) is 7. The number of piperazine rings is 1. The highest BCUT2D eigenvalue weighted by molar-refractivity contribution is 7.99. The molecule has 2 aromatic heterocycles. The Balaban J connectivity index is 1.35. The standard InChI is InChI=1S/C28H28ClN7S/c1-34-12-14-36(15-13-34)10-3-4-20-5-7-23-25(16-20)32-19-21(18-30)27(23)33-22-6-8-26(24(29)17-22)37-28-31-9-11-35(28)2/h3-9,11,16-17,19H,10,12-15H2,1-2H3,(H,32,33)/b4-3+. The number of anilines is 2. The zero-order valence-electron chi connectivity index (χ0n) is 20.9. The lowest BCUT2D eigenvalue weighted by Crippen LogP contribution is -2.44. The smallest absolute Gasteiger partial charge is 0.172 e. The van der Waals surface area contributed by atoms with E-state index in [9.17, 15) is 5.26 Å². The first-order valence-corrected chi connectivity index (χ1v) is 13.3. The third-order valence-electron chi connectivity index (χ3n) is 6.46. The summed E-state index contributed by atoms with van der Waals surface area (Å²) < 4.78 is 1.95. The highest BCUT2D eigenvalue weighted by Crippen LogP contribution is 2.36. The molecule has 188 valence electrons. The van der Waals surface area contributed by atoms with Crippen LogP contribution in [0.3, 0.4) is 0 Å². The SMILES string of the molecule is CN1CCN(C/C=C/c2ccc3c(Nc4ccc(Sc5nccn5C)c(Cl)c4)c(C#N)cnc3c2)CC1. The van der Waals surface area contributed by atoms with E-state index in [2.05, 4.69) is 62.5 Å². The molecule has 9 heteroatoms. The summed E-state index contributed by atoms with van der Waals surface area (Å²) in [6.07, 6.45) is 9.64. The van der Waals surface area contributed by atoms with Crippen LogP contribution in [0.25, 0.3) is 17.0 Å². The van der Waals surface area contributed by atoms with Crippen LogP contribution >= 0.6 is 23.4 Å². The van der Waals surface area contributed by atoms with Crippen molar-refractivity contribution < 1.29 is 0 Å². The van der Waals surface area contributed by atoms with Crippen LogP contribution in [0, 0.1) is 11.3 Å². The Labute approximate surface area is 226 Å². The second-order valence-corrected chi connectivity index (χ2v) is 10.6. The van der Waals surface area contributed by atoms with E-state index >= 15 is 0 Å². The molecule has 0 atom stereocenters. The molecule has 1 fully saturated rings. The number of hydrogen-bond donors (Lipinski definition) is 1. The van der Waals surface area contributed by atoms with Crippen LogP contribution in [-0.4, -0.2) is 64.1 Å². The number of likely N-dealkylation sites (N-methyl/N-ethyl adjacent to an activating group) is 1. The summed E-state index contributed by atoms with van der Waals surface area (Å²) >= 11 is 8.11. The molecule has 3 heterocycles. The Morgan fingerprint density at radius 2 is 1.95 bits per heavy atom. The van der Waals surface area contributed by atoms with Crippen molar-refractivity contribution in [3.05, 3.63) is 77.2 Å². The van der Waals surface area contributed by atoms with Gasteiger partial charge < -0.3 is 14.8 Å². The summed E-state index contributed by atoms with van der Waals surface area (Å²) in [4.78, 5) is 14.6. The molecule has 4 aromatic rings. The highest BCUT2D eigenvalue weighted by Gasteiger charge is 2.13. The second kappa shape index (κ2) is 11.4. The molecule has 7 nitrogen and oxygen atoms in total. The van der Waals surface area contributed by atoms with Crippen molar-refractivity contribution in [2.75, 3.05) is 45.1 Å². The molecule has 0 amide bonds. The maximum absolute atomic E-state index is 9.75. The van der Waals surface area contributed by atoms with Crippen molar-refractivity contribution in [2.45, 2.75) is 10.1 Å². The first-order chi connectivity index (χ1) is 18.0. The topological polar surface area (TPSA) is 73.0 Å². The number of benzene rings is 2. The minimum absolute atomic E-state index is 0.480. The van der Waals surface area contributed by atoms with Gasteiger partial charge in [0.1, 0.15) is 6.07 Å². The van der Waals surface area contributed by atoms with Gasteiger partial charge in [0.05, 0.1) is 21.8 Å². The molecule has 1 aliphatic rings. The van der Waals surface area contributed by atoms with E-state index in [0.29, 0.717) is 10.6 Å². The molecule has 37 heavy (non-hydrogen) atoms. The molecule has 1 aliphatic heterocycles. The van der Waals surface area contributed by atoms with E-state index in [1.165, 1.54) is 11.8 Å². The number of nitrogens with zero attached hydrogens (tertiary/aromatic N) is 6. The largest absolute Gasteiger partial charge is 0.354 e. The fourth-order valence-corrected chi connectivity index (χ4v) is 5.36. The van der Waals surface area contributed by atoms with Gasteiger partial charge in [0.15, 0.2) is 5.16 Å². The fourth-order valence-electron chi connectivity index (χ4n) is 4.26. The summed E-state index contributed by atoms with van der Waals surface area (Å²) in [5, 5.41) is 15.5. The van der Waals surface area contributed by atoms with Crippen LogP contribution in [0.2, 0.25) is 5.02 Å². The van der Waals surface area contributed by atoms with Crippen LogP contribution < -0.4 is 5.32 Å². The zero-order valence-corrected chi connectivity index (χ0v) is 22.4. The van der Waals surface area contributed by atoms with Gasteiger partial charge in [0, 0.05) is 74.3 Å². The predicted molar refractivity (Wildman–Crippen MR) is 151 cm³/mol. The lowest BCUT2D eigenvalue weighted by molar-refractivity contribution is 0.167. The van der Waals surface area contributed by atoms with Gasteiger partial charge in [-0.2, -0.15) is 5.26 Å². The molecule has 5 rings (SSSR count). The number of fused-ring (bicyclic) bond motifs is 1. The number of halogens is 1. The van der Waals surface area contributed by atoms with Crippen molar-refractivity contribution in [2.24, 2.45) is 7.05 Å². The molecule has 2 aromatic carbocycles. The maximum atomic E-state index is 9.75. The van der Waals surface area contributed by atoms with Crippen molar-refractivity contribution in [3.8, 4) is 6.07 Å². The van der Waals surface area contributed by atoms with Crippen molar-refractivity contribution >= 4 is 51.7 Å². The molecule has 0 aliphatic carbocycles. The van der Waals surface area contributed by atoms with Gasteiger partial charge in [-0.05, 0) is 36.9 Å². The molecule has 0 unspecified atom stereocenters. The van der Waals surface area contributed by atoms with Crippen LogP contribution in [0.15, 0.2) is 71.1 Å². The average Bonchev–Trinajstić information content (AvgIpc) is 3.31. The Morgan fingerprint density at radius 3 is 2.68 bits per heavy atom. The first-order valence-electron chi connectivity index (χ1n) is 12.1. The van der Waals surface area contributed by atoms with E-state index in [-0.39, 0.29) is 0 Å². The highest BCUT2D eigenvalue weighted by atomic mass is 35.5. The van der Waals surface area contributed by atoms with Gasteiger partial charge in [-0.15, -0.1) is 0 Å². The summed E-state index contributed by atoms with van der Waals surface area (Å²) in [5.41, 5.74) is 3.92. The molecule has 0 spiro atoms. The fraction of sp³-hybridized carbons (Fsp3) is 0.250. The Hall–Kier alpha value is -3.35. The zero-order chi connectivity index (χ0) is 25.8. The third kappa shape index (κ3) is 5.97. The summed E-state index contributed by atoms with van der Waals surface area (Å²) in [5.74, 6) is 0. The van der Waals surface area contributed by atoms with Gasteiger partial charge >= 0.3 is 0 Å². The van der Waals surface area contributed by atoms with E-state index in [4.69, 9.17) is 11.6 Å². The van der Waals surface area contributed by atoms with Crippen molar-refractivity contribution in [1.29, 1.82) is 5.26 Å². The molecule has 1 saturated heterocycles. The number of rotatable bonds is 7. The number of imidazole rings is 1. The number of aromatic nitrogens is 3. The number of pyridine rings is 1. The summed E-state index contributed by atoms with van der Waals surface area (Å²) in [6, 6.07) is 14.2. The Bertz CT molecular complexity index is 1480. The van der Waals surface area contributed by atoms with Crippen LogP contribution in [0.1, 0.15) is 11.1 Å². The number of nitrogens with one attached hydrogen (secondary N) is 1. The van der Waals surface area contributed by atoms with Gasteiger partial charge in [0.2, 0.25) is 0 Å². The summed E-state index contributed by atoms with van der Waals surface area (Å²) in [6.45, 7) is 5.36. The lowest BCUT2D eigenvalue weighted by Gasteiger charge is -2.31. The van der Waals surface area contributed by atoms with E-state index < -0.39 is 0 Å². The number of nitriles is 1. The third-order valence-corrected chi connectivity index (χ3v) is 8.04. The molecular formula is C28H28ClN7S. The molecule has 0 bridgehead atoms. The van der Waals surface area contributed by atoms with Crippen molar-refractivity contribution in [3.63, 3.8) is 0 Å². The molecule has 0 radical (unpaired) electrons. The van der Waals surface area contributed by atoms with Crippen molar-refractivity contribution in [1.82, 2.24) is 24.3 Å². The van der Waals surface area contributed by atoms with Gasteiger partial charge in [0.25, 0.3) is 0 Å². The van der Waals surface area contributed by atoms with Crippen LogP contribution in [0.4, 0.5) is 11.4 Å². The van der Waals surface area contributed by atoms with Crippen LogP contribution in [0.5, 0.6) is 0 Å². The summed E-state index contributed by atoms with van der Waals surface area (Å²) in [7, 11) is 4.12. The van der Waals surface area contributed by atoms with Gasteiger partial charge in [-0.25, -0.2) is 4.98 Å². The average molecular weight is 530 g/mol. The maximum Gasteiger partial charge on any atom is 0.172 e. The van der Waals surface area contributed by atoms with E-state index in [0.717, 1.165) is 70.6 Å². The van der Waals surface area contributed by atoms with Crippen LogP contribution in [-0.2, 0) is 7.05 Å². The Kier molecular flexibility index (Phi) is 7.77. The molecule has 1 N–H and O–H groups in total. The lowest BCUT2D eigenvalue weighted by atomic mass is 10.1. The molecule has 0 saturated carbocycles. The van der Waals surface area contributed by atoms with E-state index in [1.54, 1.807) is 12.4 Å². The Morgan fingerprint density at radius 1 is 1.11 bits per heavy atom. The number of aryl methyl sites for hydroxylation is 1. The predicted octanol–water partition coefficient (Wildman–Crippen LogP) is 5.65. The normalized spacial score (nSPS) is 14.9. The quantitative estimate of drug-likeness (QED) is 0.331. The molecular weight excluding hydrogens is 502 g/mol. The minimum atomic E-state index is 0.480. The minimum Gasteiger partial charge on any atom is -0.354 e. The van der Waals surface area contributed by atoms with Gasteiger partial charge in [-0.3, -0.25) is 9.88 Å². The second-order valence-electron chi connectivity index (χ2n) is 9.13. The van der Waals surface area contributed by atoms with Gasteiger partial charge in [-0.1, -0.05) is 47.6 Å².